The fourth-order valence-corrected chi connectivity index (χ4v) is 6.02. The zero-order valence-electron chi connectivity index (χ0n) is 13.3. The molecule has 1 heterocycles. The topological polar surface area (TPSA) is 89.3 Å². The Morgan fingerprint density at radius 2 is 2.04 bits per heavy atom. The van der Waals surface area contributed by atoms with E-state index in [2.05, 4.69) is 11.6 Å². The molecule has 0 fully saturated rings. The summed E-state index contributed by atoms with van der Waals surface area (Å²) < 4.78 is 27.8. The summed E-state index contributed by atoms with van der Waals surface area (Å²) in [6, 6.07) is 4.04. The molecule has 3 N–H and O–H groups in total. The van der Waals surface area contributed by atoms with E-state index in [4.69, 9.17) is 28.9 Å². The van der Waals surface area contributed by atoms with Gasteiger partial charge in [0.2, 0.25) is 0 Å². The number of anilines is 1. The largest absolute Gasteiger partial charge is 0.365 e. The van der Waals surface area contributed by atoms with Crippen LogP contribution in [0.25, 0.3) is 0 Å². The number of amides is 1. The summed E-state index contributed by atoms with van der Waals surface area (Å²) in [4.78, 5) is 12.9. The van der Waals surface area contributed by atoms with Crippen LogP contribution in [0, 0.1) is 5.92 Å². The Morgan fingerprint density at radius 1 is 1.32 bits per heavy atom. The monoisotopic (exact) mass is 418 g/mol. The number of nitrogens with two attached hydrogens (primary N) is 1. The molecule has 2 aromatic rings. The highest BCUT2D eigenvalue weighted by atomic mass is 35.5. The van der Waals surface area contributed by atoms with Gasteiger partial charge in [-0.25, -0.2) is 8.42 Å². The van der Waals surface area contributed by atoms with Gasteiger partial charge < -0.3 is 5.73 Å². The number of thiophene rings is 1. The van der Waals surface area contributed by atoms with Crippen molar-refractivity contribution in [1.82, 2.24) is 0 Å². The number of rotatable bonds is 4. The lowest BCUT2D eigenvalue weighted by Crippen LogP contribution is -2.19. The van der Waals surface area contributed by atoms with E-state index >= 15 is 0 Å². The van der Waals surface area contributed by atoms with Crippen LogP contribution in [0.3, 0.4) is 0 Å². The highest BCUT2D eigenvalue weighted by Crippen LogP contribution is 2.40. The molecule has 0 bridgehead atoms. The van der Waals surface area contributed by atoms with Crippen LogP contribution >= 0.6 is 34.5 Å². The summed E-state index contributed by atoms with van der Waals surface area (Å²) in [5.74, 6) is -0.134. The molecule has 1 aliphatic rings. The van der Waals surface area contributed by atoms with Crippen molar-refractivity contribution in [2.75, 3.05) is 4.72 Å². The lowest BCUT2D eigenvalue weighted by Gasteiger charge is -2.18. The second-order valence-corrected chi connectivity index (χ2v) is 9.70. The van der Waals surface area contributed by atoms with Crippen molar-refractivity contribution in [3.05, 3.63) is 44.2 Å². The number of hydrogen-bond acceptors (Lipinski definition) is 4. The summed E-state index contributed by atoms with van der Waals surface area (Å²) in [5, 5.41) is 0.663. The normalized spacial score (nSPS) is 17.2. The number of primary amides is 1. The summed E-state index contributed by atoms with van der Waals surface area (Å²) in [7, 11) is -3.91. The predicted molar refractivity (Wildman–Crippen MR) is 101 cm³/mol. The molecule has 134 valence electrons. The molecule has 0 spiro atoms. The molecule has 25 heavy (non-hydrogen) atoms. The predicted octanol–water partition coefficient (Wildman–Crippen LogP) is 4.08. The number of carbonyl (C=O) groups is 1. The Bertz CT molecular complexity index is 955. The average Bonchev–Trinajstić information content (AvgIpc) is 2.85. The van der Waals surface area contributed by atoms with Gasteiger partial charge in [0, 0.05) is 4.88 Å². The number of sulfonamides is 1. The second kappa shape index (κ2) is 6.79. The third kappa shape index (κ3) is 3.65. The van der Waals surface area contributed by atoms with Gasteiger partial charge in [0.25, 0.3) is 15.9 Å². The number of nitrogens with one attached hydrogen (secondary N) is 1. The Balaban J connectivity index is 2.02. The lowest BCUT2D eigenvalue weighted by atomic mass is 9.88. The van der Waals surface area contributed by atoms with Gasteiger partial charge in [-0.3, -0.25) is 9.52 Å². The molecule has 0 saturated carbocycles. The molecule has 9 heteroatoms. The Hall–Kier alpha value is -1.28. The highest BCUT2D eigenvalue weighted by Gasteiger charge is 2.28. The van der Waals surface area contributed by atoms with E-state index in [1.165, 1.54) is 29.5 Å². The maximum absolute atomic E-state index is 12.7. The van der Waals surface area contributed by atoms with Crippen molar-refractivity contribution < 1.29 is 13.2 Å². The smallest absolute Gasteiger partial charge is 0.262 e. The van der Waals surface area contributed by atoms with Gasteiger partial charge >= 0.3 is 0 Å². The van der Waals surface area contributed by atoms with Crippen LogP contribution in [0.2, 0.25) is 10.0 Å². The van der Waals surface area contributed by atoms with Crippen molar-refractivity contribution in [3.8, 4) is 0 Å². The minimum Gasteiger partial charge on any atom is -0.365 e. The summed E-state index contributed by atoms with van der Waals surface area (Å²) in [5.41, 5.74) is 6.65. The minimum absolute atomic E-state index is 0.0305. The molecular weight excluding hydrogens is 403 g/mol. The quantitative estimate of drug-likeness (QED) is 0.783. The number of fused-ring (bicyclic) bond motifs is 1. The number of hydrogen-bond donors (Lipinski definition) is 2. The van der Waals surface area contributed by atoms with Gasteiger partial charge in [-0.05, 0) is 48.9 Å². The maximum atomic E-state index is 12.7. The van der Waals surface area contributed by atoms with E-state index < -0.39 is 15.9 Å². The molecule has 3 rings (SSSR count). The SMILES string of the molecule is C[C@@H]1CCc2c(sc(NS(=O)(=O)c3ccc(Cl)c(Cl)c3)c2C(N)=O)C1. The number of carbonyl (C=O) groups excluding carboxylic acids is 1. The molecule has 0 unspecified atom stereocenters. The summed E-state index contributed by atoms with van der Waals surface area (Å²) in [6.45, 7) is 2.13. The number of halogens is 2. The van der Waals surface area contributed by atoms with Crippen LogP contribution in [-0.2, 0) is 22.9 Å². The first-order valence-electron chi connectivity index (χ1n) is 7.61. The van der Waals surface area contributed by atoms with Crippen LogP contribution < -0.4 is 10.5 Å². The third-order valence-corrected chi connectivity index (χ3v) is 7.57. The molecular formula is C16H16Cl2N2O3S2. The zero-order valence-corrected chi connectivity index (χ0v) is 16.5. The lowest BCUT2D eigenvalue weighted by molar-refractivity contribution is 0.100. The van der Waals surface area contributed by atoms with Gasteiger partial charge in [0.1, 0.15) is 5.00 Å². The van der Waals surface area contributed by atoms with E-state index in [1.54, 1.807) is 0 Å². The van der Waals surface area contributed by atoms with E-state index in [0.29, 0.717) is 5.92 Å². The standard InChI is InChI=1S/C16H16Cl2N2O3S2/c1-8-2-4-10-13(6-8)24-16(14(10)15(19)21)20-25(22,23)9-3-5-11(17)12(18)7-9/h3,5,7-8,20H,2,4,6H2,1H3,(H2,19,21)/t8-/m1/s1. The fraction of sp³-hybridized carbons (Fsp3) is 0.312. The number of benzene rings is 1. The van der Waals surface area contributed by atoms with Gasteiger partial charge in [0.15, 0.2) is 0 Å². The molecule has 0 aliphatic heterocycles. The molecule has 1 aliphatic carbocycles. The van der Waals surface area contributed by atoms with Crippen molar-refractivity contribution in [3.63, 3.8) is 0 Å². The minimum atomic E-state index is -3.91. The highest BCUT2D eigenvalue weighted by molar-refractivity contribution is 7.93. The van der Waals surface area contributed by atoms with Crippen LogP contribution in [0.4, 0.5) is 5.00 Å². The van der Waals surface area contributed by atoms with E-state index in [9.17, 15) is 13.2 Å². The van der Waals surface area contributed by atoms with Crippen molar-refractivity contribution in [2.24, 2.45) is 11.7 Å². The second-order valence-electron chi connectivity index (χ2n) is 6.10. The average molecular weight is 419 g/mol. The van der Waals surface area contributed by atoms with Gasteiger partial charge in [-0.1, -0.05) is 30.1 Å². The first kappa shape index (κ1) is 18.5. The first-order valence-corrected chi connectivity index (χ1v) is 10.7. The molecule has 1 aromatic heterocycles. The van der Waals surface area contributed by atoms with Crippen LogP contribution in [0.5, 0.6) is 0 Å². The zero-order chi connectivity index (χ0) is 18.4. The van der Waals surface area contributed by atoms with Crippen molar-refractivity contribution >= 4 is 55.5 Å². The van der Waals surface area contributed by atoms with E-state index in [0.717, 1.165) is 29.7 Å². The van der Waals surface area contributed by atoms with Gasteiger partial charge in [-0.15, -0.1) is 11.3 Å². The molecule has 5 nitrogen and oxygen atoms in total. The Morgan fingerprint density at radius 3 is 2.68 bits per heavy atom. The Kier molecular flexibility index (Phi) is 5.03. The molecule has 0 saturated heterocycles. The molecule has 0 radical (unpaired) electrons. The van der Waals surface area contributed by atoms with Crippen LogP contribution in [0.1, 0.15) is 34.1 Å². The summed E-state index contributed by atoms with van der Waals surface area (Å²) in [6.07, 6.45) is 2.48. The van der Waals surface area contributed by atoms with Crippen LogP contribution in [0.15, 0.2) is 23.1 Å². The van der Waals surface area contributed by atoms with E-state index in [-0.39, 0.29) is 25.5 Å². The molecule has 1 aromatic carbocycles. The maximum Gasteiger partial charge on any atom is 0.262 e. The fourth-order valence-electron chi connectivity index (χ4n) is 2.91. The van der Waals surface area contributed by atoms with Gasteiger partial charge in [-0.2, -0.15) is 0 Å². The third-order valence-electron chi connectivity index (χ3n) is 4.19. The van der Waals surface area contributed by atoms with E-state index in [1.807, 2.05) is 0 Å². The molecule has 1 amide bonds. The van der Waals surface area contributed by atoms with Gasteiger partial charge in [0.05, 0.1) is 20.5 Å². The molecule has 1 atom stereocenters. The van der Waals surface area contributed by atoms with Crippen molar-refractivity contribution in [1.29, 1.82) is 0 Å². The first-order chi connectivity index (χ1) is 11.7. The van der Waals surface area contributed by atoms with Crippen LogP contribution in [-0.4, -0.2) is 14.3 Å². The van der Waals surface area contributed by atoms with Crippen molar-refractivity contribution in [2.45, 2.75) is 31.1 Å². The summed E-state index contributed by atoms with van der Waals surface area (Å²) >= 11 is 13.0. The Labute approximate surface area is 160 Å².